The number of rotatable bonds is 3. The van der Waals surface area contributed by atoms with Crippen molar-refractivity contribution in [2.75, 3.05) is 36.5 Å². The maximum atomic E-state index is 13.3. The fraction of sp³-hybridized carbons (Fsp3) is 0.250. The Morgan fingerprint density at radius 2 is 1.92 bits per heavy atom. The first-order valence-electron chi connectivity index (χ1n) is 7.29. The van der Waals surface area contributed by atoms with Crippen molar-refractivity contribution >= 4 is 29.0 Å². The van der Waals surface area contributed by atoms with Gasteiger partial charge < -0.3 is 15.0 Å². The van der Waals surface area contributed by atoms with Crippen LogP contribution in [0.1, 0.15) is 10.4 Å². The lowest BCUT2D eigenvalue weighted by atomic mass is 10.2. The number of hydrogen-bond acceptors (Lipinski definition) is 4. The molecule has 5 nitrogen and oxygen atoms in total. The van der Waals surface area contributed by atoms with Gasteiger partial charge in [-0.2, -0.15) is 0 Å². The minimum absolute atomic E-state index is 0.158. The van der Waals surface area contributed by atoms with Gasteiger partial charge in [-0.05, 0) is 24.3 Å². The predicted octanol–water partition coefficient (Wildman–Crippen LogP) is 3.10. The van der Waals surface area contributed by atoms with E-state index in [1.807, 2.05) is 6.07 Å². The lowest BCUT2D eigenvalue weighted by molar-refractivity contribution is 0.102. The fourth-order valence-electron chi connectivity index (χ4n) is 2.35. The van der Waals surface area contributed by atoms with Crippen LogP contribution in [0.15, 0.2) is 30.5 Å². The zero-order chi connectivity index (χ0) is 17.1. The Morgan fingerprint density at radius 1 is 1.21 bits per heavy atom. The minimum atomic E-state index is -1.14. The van der Waals surface area contributed by atoms with Gasteiger partial charge >= 0.3 is 0 Å². The molecule has 8 heteroatoms. The van der Waals surface area contributed by atoms with E-state index in [0.29, 0.717) is 13.2 Å². The molecule has 0 saturated carbocycles. The van der Waals surface area contributed by atoms with Crippen molar-refractivity contribution in [3.05, 3.63) is 52.7 Å². The third kappa shape index (κ3) is 3.63. The Balaban J connectivity index is 1.71. The third-order valence-electron chi connectivity index (χ3n) is 3.62. The van der Waals surface area contributed by atoms with Gasteiger partial charge in [-0.25, -0.2) is 13.8 Å². The van der Waals surface area contributed by atoms with E-state index in [1.165, 1.54) is 0 Å². The van der Waals surface area contributed by atoms with Crippen LogP contribution in [-0.4, -0.2) is 37.2 Å². The second-order valence-corrected chi connectivity index (χ2v) is 5.61. The Bertz CT molecular complexity index is 750. The molecular weight excluding hydrogens is 340 g/mol. The van der Waals surface area contributed by atoms with Gasteiger partial charge in [0.1, 0.15) is 5.82 Å². The van der Waals surface area contributed by atoms with Gasteiger partial charge in [-0.3, -0.25) is 4.79 Å². The highest BCUT2D eigenvalue weighted by molar-refractivity contribution is 6.34. The molecule has 1 saturated heterocycles. The van der Waals surface area contributed by atoms with Gasteiger partial charge in [0.2, 0.25) is 0 Å². The molecule has 0 aliphatic carbocycles. The quantitative estimate of drug-likeness (QED) is 0.861. The number of hydrogen-bond donors (Lipinski definition) is 1. The number of anilines is 2. The summed E-state index contributed by atoms with van der Waals surface area (Å²) in [6.07, 6.45) is 1.63. The number of carbonyl (C=O) groups excluding carboxylic acids is 1. The summed E-state index contributed by atoms with van der Waals surface area (Å²) in [5, 5.41) is 2.34. The highest BCUT2D eigenvalue weighted by Gasteiger charge is 2.16. The monoisotopic (exact) mass is 353 g/mol. The van der Waals surface area contributed by atoms with E-state index in [1.54, 1.807) is 12.3 Å². The first kappa shape index (κ1) is 16.6. The smallest absolute Gasteiger partial charge is 0.258 e. The Labute approximate surface area is 142 Å². The number of aromatic nitrogens is 1. The van der Waals surface area contributed by atoms with Crippen LogP contribution in [0.4, 0.5) is 20.3 Å². The largest absolute Gasteiger partial charge is 0.378 e. The van der Waals surface area contributed by atoms with E-state index in [0.717, 1.165) is 30.9 Å². The van der Waals surface area contributed by atoms with Gasteiger partial charge in [0.25, 0.3) is 5.91 Å². The van der Waals surface area contributed by atoms with Crippen LogP contribution in [-0.2, 0) is 4.74 Å². The minimum Gasteiger partial charge on any atom is -0.378 e. The average Bonchev–Trinajstić information content (AvgIpc) is 2.59. The van der Waals surface area contributed by atoms with Gasteiger partial charge in [0, 0.05) is 13.1 Å². The molecule has 0 radical (unpaired) electrons. The molecule has 1 aromatic carbocycles. The molecule has 0 atom stereocenters. The van der Waals surface area contributed by atoms with Gasteiger partial charge in [-0.1, -0.05) is 11.6 Å². The van der Waals surface area contributed by atoms with E-state index in [4.69, 9.17) is 16.3 Å². The van der Waals surface area contributed by atoms with Crippen molar-refractivity contribution in [2.45, 2.75) is 0 Å². The summed E-state index contributed by atoms with van der Waals surface area (Å²) in [7, 11) is 0. The zero-order valence-corrected chi connectivity index (χ0v) is 13.3. The van der Waals surface area contributed by atoms with Crippen LogP contribution in [0.3, 0.4) is 0 Å². The molecule has 1 N–H and O–H groups in total. The Hall–Kier alpha value is -2.25. The summed E-state index contributed by atoms with van der Waals surface area (Å²) >= 11 is 5.78. The fourth-order valence-corrected chi connectivity index (χ4v) is 2.59. The summed E-state index contributed by atoms with van der Waals surface area (Å²) in [6.45, 7) is 2.87. The number of nitrogens with one attached hydrogen (secondary N) is 1. The summed E-state index contributed by atoms with van der Waals surface area (Å²) in [5.74, 6) is -2.62. The van der Waals surface area contributed by atoms with Crippen molar-refractivity contribution in [2.24, 2.45) is 0 Å². The van der Waals surface area contributed by atoms with Crippen LogP contribution >= 0.6 is 11.6 Å². The lowest BCUT2D eigenvalue weighted by Crippen LogP contribution is -2.36. The topological polar surface area (TPSA) is 54.5 Å². The second-order valence-electron chi connectivity index (χ2n) is 5.20. The highest BCUT2D eigenvalue weighted by atomic mass is 35.5. The molecule has 0 bridgehead atoms. The molecule has 1 aromatic heterocycles. The van der Waals surface area contributed by atoms with Crippen molar-refractivity contribution in [1.29, 1.82) is 0 Å². The van der Waals surface area contributed by atoms with Crippen LogP contribution in [0.25, 0.3) is 0 Å². The molecule has 2 heterocycles. The molecular formula is C16H14ClF2N3O2. The number of halogens is 3. The van der Waals surface area contributed by atoms with Crippen molar-refractivity contribution in [3.63, 3.8) is 0 Å². The average molecular weight is 354 g/mol. The van der Waals surface area contributed by atoms with E-state index >= 15 is 0 Å². The number of ether oxygens (including phenoxy) is 1. The summed E-state index contributed by atoms with van der Waals surface area (Å²) in [5.41, 5.74) is 0.761. The van der Waals surface area contributed by atoms with Gasteiger partial charge in [0.15, 0.2) is 11.6 Å². The molecule has 0 unspecified atom stereocenters. The molecule has 24 heavy (non-hydrogen) atoms. The summed E-state index contributed by atoms with van der Waals surface area (Å²) in [4.78, 5) is 18.4. The number of morpholine rings is 1. The van der Waals surface area contributed by atoms with Gasteiger partial charge in [0.05, 0.1) is 35.7 Å². The molecule has 1 amide bonds. The molecule has 3 rings (SSSR count). The van der Waals surface area contributed by atoms with Gasteiger partial charge in [-0.15, -0.1) is 0 Å². The third-order valence-corrected chi connectivity index (χ3v) is 3.93. The Kier molecular flexibility index (Phi) is 4.92. The highest BCUT2D eigenvalue weighted by Crippen LogP contribution is 2.22. The predicted molar refractivity (Wildman–Crippen MR) is 86.6 cm³/mol. The maximum absolute atomic E-state index is 13.3. The van der Waals surface area contributed by atoms with Crippen molar-refractivity contribution in [1.82, 2.24) is 4.98 Å². The second kappa shape index (κ2) is 7.11. The van der Waals surface area contributed by atoms with Crippen LogP contribution in [0.5, 0.6) is 0 Å². The van der Waals surface area contributed by atoms with E-state index < -0.39 is 17.5 Å². The Morgan fingerprint density at radius 3 is 2.58 bits per heavy atom. The number of carbonyl (C=O) groups is 1. The van der Waals surface area contributed by atoms with E-state index in [9.17, 15) is 13.6 Å². The van der Waals surface area contributed by atoms with Crippen LogP contribution in [0.2, 0.25) is 5.02 Å². The van der Waals surface area contributed by atoms with Crippen LogP contribution in [0, 0.1) is 11.6 Å². The zero-order valence-electron chi connectivity index (χ0n) is 12.6. The normalized spacial score (nSPS) is 14.5. The summed E-state index contributed by atoms with van der Waals surface area (Å²) < 4.78 is 31.6. The van der Waals surface area contributed by atoms with Crippen LogP contribution < -0.4 is 10.2 Å². The number of pyridine rings is 1. The number of nitrogens with zero attached hydrogens (tertiary/aromatic N) is 2. The number of benzene rings is 1. The molecule has 1 aliphatic rings. The van der Waals surface area contributed by atoms with E-state index in [2.05, 4.69) is 15.2 Å². The molecule has 0 spiro atoms. The standard InChI is InChI=1S/C16H14ClF2N3O2/c17-12-8-14(19)13(18)7-11(12)16(23)21-15-2-1-10(9-20-15)22-3-5-24-6-4-22/h1-2,7-9H,3-6H2,(H,20,21,23). The summed E-state index contributed by atoms with van der Waals surface area (Å²) in [6, 6.07) is 4.98. The molecule has 2 aromatic rings. The van der Waals surface area contributed by atoms with Crippen molar-refractivity contribution < 1.29 is 18.3 Å². The molecule has 126 valence electrons. The van der Waals surface area contributed by atoms with Crippen molar-refractivity contribution in [3.8, 4) is 0 Å². The molecule has 1 aliphatic heterocycles. The first-order valence-corrected chi connectivity index (χ1v) is 7.67. The number of amides is 1. The SMILES string of the molecule is O=C(Nc1ccc(N2CCOCC2)cn1)c1cc(F)c(F)cc1Cl. The first-order chi connectivity index (χ1) is 11.5. The lowest BCUT2D eigenvalue weighted by Gasteiger charge is -2.28. The van der Waals surface area contributed by atoms with E-state index in [-0.39, 0.29) is 16.4 Å². The maximum Gasteiger partial charge on any atom is 0.258 e. The molecule has 1 fully saturated rings.